The molecule has 1 saturated heterocycles. The number of ether oxygens (including phenoxy) is 4. The number of carbonyl (C=O) groups is 3. The highest BCUT2D eigenvalue weighted by molar-refractivity contribution is 7.71. The molecule has 2 heterocycles. The number of aromatic nitrogens is 3. The Morgan fingerprint density at radius 2 is 1.83 bits per heavy atom. The van der Waals surface area contributed by atoms with Crippen LogP contribution in [0.3, 0.4) is 0 Å². The molecule has 0 radical (unpaired) electrons. The first-order valence-electron chi connectivity index (χ1n) is 7.04. The molecule has 0 aliphatic carbocycles. The van der Waals surface area contributed by atoms with Gasteiger partial charge in [0, 0.05) is 20.8 Å². The second-order valence-electron chi connectivity index (χ2n) is 5.08. The van der Waals surface area contributed by atoms with Crippen molar-refractivity contribution in [2.24, 2.45) is 0 Å². The maximum Gasteiger partial charge on any atom is 0.303 e. The van der Waals surface area contributed by atoms with Gasteiger partial charge in [0.2, 0.25) is 0 Å². The Labute approximate surface area is 142 Å². The van der Waals surface area contributed by atoms with E-state index in [1.54, 1.807) is 0 Å². The Hall–Kier alpha value is -2.27. The molecule has 1 aromatic heterocycles. The van der Waals surface area contributed by atoms with Crippen LogP contribution in [0.4, 0.5) is 0 Å². The van der Waals surface area contributed by atoms with E-state index in [9.17, 15) is 14.4 Å². The van der Waals surface area contributed by atoms with Crippen LogP contribution in [0.5, 0.6) is 0 Å². The maximum atomic E-state index is 11.4. The van der Waals surface area contributed by atoms with Gasteiger partial charge >= 0.3 is 17.9 Å². The summed E-state index contributed by atoms with van der Waals surface area (Å²) in [4.78, 5) is 33.9. The molecule has 1 fully saturated rings. The first-order chi connectivity index (χ1) is 11.3. The summed E-state index contributed by atoms with van der Waals surface area (Å²) in [7, 11) is 0. The van der Waals surface area contributed by atoms with Gasteiger partial charge in [0.1, 0.15) is 19.0 Å². The lowest BCUT2D eigenvalue weighted by atomic mass is 10.1. The molecule has 0 spiro atoms. The summed E-state index contributed by atoms with van der Waals surface area (Å²) in [6.45, 7) is 3.50. The van der Waals surface area contributed by atoms with Gasteiger partial charge < -0.3 is 18.9 Å². The minimum Gasteiger partial charge on any atom is -0.463 e. The van der Waals surface area contributed by atoms with Crippen LogP contribution in [-0.4, -0.2) is 57.6 Å². The van der Waals surface area contributed by atoms with E-state index < -0.39 is 42.4 Å². The molecule has 24 heavy (non-hydrogen) atoms. The summed E-state index contributed by atoms with van der Waals surface area (Å²) >= 11 is 5.09. The van der Waals surface area contributed by atoms with Crippen LogP contribution in [-0.2, 0) is 33.3 Å². The van der Waals surface area contributed by atoms with Crippen molar-refractivity contribution in [3.05, 3.63) is 11.1 Å². The second kappa shape index (κ2) is 7.53. The van der Waals surface area contributed by atoms with Gasteiger partial charge in [-0.1, -0.05) is 0 Å². The molecular formula is C13H17N3O7S. The summed E-state index contributed by atoms with van der Waals surface area (Å²) in [5.74, 6) is -1.70. The predicted octanol–water partition coefficient (Wildman–Crippen LogP) is 0.265. The van der Waals surface area contributed by atoms with E-state index in [2.05, 4.69) is 10.2 Å². The largest absolute Gasteiger partial charge is 0.463 e. The van der Waals surface area contributed by atoms with Crippen LogP contribution in [0.2, 0.25) is 0 Å². The average molecular weight is 359 g/mol. The first-order valence-corrected chi connectivity index (χ1v) is 7.45. The minimum absolute atomic E-state index is 0.174. The van der Waals surface area contributed by atoms with Gasteiger partial charge in [0.15, 0.2) is 23.2 Å². The third-order valence-corrected chi connectivity index (χ3v) is 3.49. The van der Waals surface area contributed by atoms with E-state index in [1.165, 1.54) is 31.7 Å². The molecule has 1 N–H and O–H groups in total. The molecule has 1 aromatic rings. The fourth-order valence-corrected chi connectivity index (χ4v) is 2.56. The van der Waals surface area contributed by atoms with E-state index >= 15 is 0 Å². The van der Waals surface area contributed by atoms with Gasteiger partial charge in [-0.2, -0.15) is 5.10 Å². The number of nitrogens with zero attached hydrogens (tertiary/aromatic N) is 2. The monoisotopic (exact) mass is 359 g/mol. The Kier molecular flexibility index (Phi) is 5.67. The Bertz CT molecular complexity index is 685. The molecule has 1 aliphatic heterocycles. The third kappa shape index (κ3) is 4.17. The summed E-state index contributed by atoms with van der Waals surface area (Å²) in [5, 5.41) is 6.34. The van der Waals surface area contributed by atoms with Crippen LogP contribution in [0.1, 0.15) is 27.0 Å². The number of hydrogen-bond donors (Lipinski definition) is 1. The average Bonchev–Trinajstić information content (AvgIpc) is 3.01. The van der Waals surface area contributed by atoms with Crippen molar-refractivity contribution in [1.82, 2.24) is 14.8 Å². The Morgan fingerprint density at radius 1 is 1.21 bits per heavy atom. The zero-order chi connectivity index (χ0) is 17.9. The first kappa shape index (κ1) is 18.1. The van der Waals surface area contributed by atoms with Crippen LogP contribution in [0, 0.1) is 4.77 Å². The van der Waals surface area contributed by atoms with Crippen molar-refractivity contribution < 1.29 is 33.3 Å². The molecule has 4 atom stereocenters. The van der Waals surface area contributed by atoms with Gasteiger partial charge in [-0.15, -0.1) is 0 Å². The summed E-state index contributed by atoms with van der Waals surface area (Å²) in [5.41, 5.74) is 0. The number of rotatable bonds is 5. The fourth-order valence-electron chi connectivity index (χ4n) is 2.35. The van der Waals surface area contributed by atoms with Crippen molar-refractivity contribution in [2.45, 2.75) is 45.3 Å². The second-order valence-corrected chi connectivity index (χ2v) is 5.47. The molecule has 2 rings (SSSR count). The summed E-state index contributed by atoms with van der Waals surface area (Å²) in [6.07, 6.45) is -2.29. The lowest BCUT2D eigenvalue weighted by Gasteiger charge is -2.23. The SMILES string of the molecule is CC(=O)OC[C@H]1O[C@@H](n2cn[nH]c2=S)[C@H](OC(C)=O)[C@@H]1OC(C)=O. The molecule has 10 nitrogen and oxygen atoms in total. The highest BCUT2D eigenvalue weighted by Crippen LogP contribution is 2.34. The van der Waals surface area contributed by atoms with Crippen molar-refractivity contribution in [3.8, 4) is 0 Å². The molecule has 1 aliphatic rings. The predicted molar refractivity (Wildman–Crippen MR) is 79.1 cm³/mol. The standard InChI is InChI=1S/C13H17N3O7S/c1-6(17)20-4-9-10(21-7(2)18)11(22-8(3)19)12(23-9)16-5-14-15-13(16)24/h5,9-12H,4H2,1-3H3,(H,15,24)/t9-,10-,11-,12-/m1/s1. The van der Waals surface area contributed by atoms with Crippen molar-refractivity contribution >= 4 is 30.1 Å². The molecule has 132 valence electrons. The quantitative estimate of drug-likeness (QED) is 0.448. The molecule has 0 bridgehead atoms. The molecule has 0 aromatic carbocycles. The smallest absolute Gasteiger partial charge is 0.303 e. The molecule has 0 saturated carbocycles. The van der Waals surface area contributed by atoms with E-state index in [0.717, 1.165) is 0 Å². The Morgan fingerprint density at radius 3 is 2.33 bits per heavy atom. The van der Waals surface area contributed by atoms with E-state index in [1.807, 2.05) is 0 Å². The lowest BCUT2D eigenvalue weighted by Crippen LogP contribution is -2.40. The van der Waals surface area contributed by atoms with Gasteiger partial charge in [0.25, 0.3) is 0 Å². The fraction of sp³-hybridized carbons (Fsp3) is 0.615. The van der Waals surface area contributed by atoms with Crippen LogP contribution >= 0.6 is 12.2 Å². The number of carbonyl (C=O) groups excluding carboxylic acids is 3. The van der Waals surface area contributed by atoms with Crippen molar-refractivity contribution in [3.63, 3.8) is 0 Å². The highest BCUT2D eigenvalue weighted by Gasteiger charge is 2.50. The van der Waals surface area contributed by atoms with Gasteiger partial charge in [-0.05, 0) is 12.2 Å². The summed E-state index contributed by atoms with van der Waals surface area (Å²) in [6, 6.07) is 0. The lowest BCUT2D eigenvalue weighted by molar-refractivity contribution is -0.166. The van der Waals surface area contributed by atoms with Crippen LogP contribution in [0.15, 0.2) is 6.33 Å². The summed E-state index contributed by atoms with van der Waals surface area (Å²) < 4.78 is 22.8. The topological polar surface area (TPSA) is 122 Å². The van der Waals surface area contributed by atoms with E-state index in [4.69, 9.17) is 31.2 Å². The van der Waals surface area contributed by atoms with E-state index in [0.29, 0.717) is 0 Å². The number of hydrogen-bond acceptors (Lipinski definition) is 9. The third-order valence-electron chi connectivity index (χ3n) is 3.19. The van der Waals surface area contributed by atoms with E-state index in [-0.39, 0.29) is 11.4 Å². The number of H-pyrrole nitrogens is 1. The normalized spacial score (nSPS) is 26.0. The molecule has 0 amide bonds. The molecular weight excluding hydrogens is 342 g/mol. The van der Waals surface area contributed by atoms with Crippen LogP contribution < -0.4 is 0 Å². The van der Waals surface area contributed by atoms with Gasteiger partial charge in [0.05, 0.1) is 0 Å². The highest BCUT2D eigenvalue weighted by atomic mass is 32.1. The minimum atomic E-state index is -0.976. The molecule has 11 heteroatoms. The number of nitrogens with one attached hydrogen (secondary N) is 1. The molecule has 0 unspecified atom stereocenters. The maximum absolute atomic E-state index is 11.4. The van der Waals surface area contributed by atoms with Crippen molar-refractivity contribution in [2.75, 3.05) is 6.61 Å². The zero-order valence-electron chi connectivity index (χ0n) is 13.3. The Balaban J connectivity index is 2.33. The van der Waals surface area contributed by atoms with Gasteiger partial charge in [-0.25, -0.2) is 0 Å². The number of aromatic amines is 1. The van der Waals surface area contributed by atoms with Crippen molar-refractivity contribution in [1.29, 1.82) is 0 Å². The van der Waals surface area contributed by atoms with Crippen LogP contribution in [0.25, 0.3) is 0 Å². The number of esters is 3. The zero-order valence-corrected chi connectivity index (χ0v) is 14.1. The van der Waals surface area contributed by atoms with Gasteiger partial charge in [-0.3, -0.25) is 24.0 Å².